The van der Waals surface area contributed by atoms with Gasteiger partial charge in [0.15, 0.2) is 0 Å². The summed E-state index contributed by atoms with van der Waals surface area (Å²) in [5, 5.41) is 1.46. The second kappa shape index (κ2) is 12.2. The fourth-order valence-corrected chi connectivity index (χ4v) is 8.58. The van der Waals surface area contributed by atoms with Crippen LogP contribution in [0.25, 0.3) is 0 Å². The molecule has 3 aromatic carbocycles. The number of hydrogen-bond acceptors (Lipinski definition) is 3. The zero-order valence-corrected chi connectivity index (χ0v) is 23.1. The minimum atomic E-state index is -4.52. The van der Waals surface area contributed by atoms with E-state index in [0.29, 0.717) is 12.4 Å². The number of rotatable bonds is 13. The average molecular weight is 495 g/mol. The quantitative estimate of drug-likeness (QED) is 0.194. The van der Waals surface area contributed by atoms with Gasteiger partial charge in [-0.25, -0.2) is 0 Å². The van der Waals surface area contributed by atoms with Crippen molar-refractivity contribution in [3.05, 3.63) is 89.5 Å². The minimum absolute atomic E-state index is 0.438. The predicted molar refractivity (Wildman–Crippen MR) is 151 cm³/mol. The van der Waals surface area contributed by atoms with E-state index in [4.69, 9.17) is 9.05 Å². The van der Waals surface area contributed by atoms with Crippen LogP contribution in [0.5, 0.6) is 5.75 Å². The van der Waals surface area contributed by atoms with Crippen LogP contribution in [0, 0.1) is 26.7 Å². The normalized spacial score (nSPS) is 12.9. The van der Waals surface area contributed by atoms with E-state index in [-0.39, 0.29) is 0 Å². The first-order chi connectivity index (χ1) is 16.7. The van der Waals surface area contributed by atoms with Crippen LogP contribution in [-0.4, -0.2) is 11.5 Å². The molecule has 0 aliphatic rings. The van der Waals surface area contributed by atoms with Crippen molar-refractivity contribution in [3.8, 4) is 5.75 Å². The molecule has 0 heterocycles. The van der Waals surface area contributed by atoms with Gasteiger partial charge >= 0.3 is 213 Å². The third kappa shape index (κ3) is 6.53. The first-order valence-corrected chi connectivity index (χ1v) is 15.1. The standard InChI is InChI=1S/C31H43O3P/c1-25(2)17-9-7-6-8-16-24-33-35(32,30-22-14-11-19-27(30)4,31-23-15-12-20-28(31)5)34-29-21-13-10-18-26(29)3/h10-15,18-23,25,32H,6-9,16-17,24H2,1-5H3. The second-order valence-corrected chi connectivity index (χ2v) is 13.4. The van der Waals surface area contributed by atoms with E-state index < -0.39 is 7.28 Å². The van der Waals surface area contributed by atoms with Gasteiger partial charge in [0.25, 0.3) is 0 Å². The maximum absolute atomic E-state index is 13.0. The molecule has 3 nitrogen and oxygen atoms in total. The molecule has 4 heteroatoms. The molecule has 0 aliphatic heterocycles. The Hall–Kier alpha value is -2.19. The van der Waals surface area contributed by atoms with Gasteiger partial charge in [-0.05, 0) is 0 Å². The van der Waals surface area contributed by atoms with Gasteiger partial charge < -0.3 is 0 Å². The first-order valence-electron chi connectivity index (χ1n) is 13.1. The Balaban J connectivity index is 1.98. The Morgan fingerprint density at radius 3 is 1.69 bits per heavy atom. The van der Waals surface area contributed by atoms with Crippen molar-refractivity contribution < 1.29 is 13.9 Å². The Morgan fingerprint density at radius 1 is 0.657 bits per heavy atom. The van der Waals surface area contributed by atoms with Crippen molar-refractivity contribution >= 4 is 17.9 Å². The first kappa shape index (κ1) is 27.4. The predicted octanol–water partition coefficient (Wildman–Crippen LogP) is 7.95. The molecule has 0 aliphatic carbocycles. The van der Waals surface area contributed by atoms with Crippen molar-refractivity contribution in [1.29, 1.82) is 0 Å². The molecule has 1 N–H and O–H groups in total. The van der Waals surface area contributed by atoms with Gasteiger partial charge in [0.2, 0.25) is 0 Å². The van der Waals surface area contributed by atoms with E-state index in [1.54, 1.807) is 0 Å². The van der Waals surface area contributed by atoms with Crippen LogP contribution in [0.15, 0.2) is 72.8 Å². The van der Waals surface area contributed by atoms with Gasteiger partial charge in [0.1, 0.15) is 0 Å². The third-order valence-corrected chi connectivity index (χ3v) is 10.6. The molecule has 0 unspecified atom stereocenters. The zero-order valence-electron chi connectivity index (χ0n) is 22.2. The van der Waals surface area contributed by atoms with Crippen molar-refractivity contribution in [2.45, 2.75) is 73.1 Å². The molecule has 0 spiro atoms. The fraction of sp³-hybridized carbons (Fsp3) is 0.419. The van der Waals surface area contributed by atoms with Crippen LogP contribution in [0.4, 0.5) is 0 Å². The summed E-state index contributed by atoms with van der Waals surface area (Å²) >= 11 is 0. The van der Waals surface area contributed by atoms with E-state index in [2.05, 4.69) is 13.8 Å². The second-order valence-electron chi connectivity index (χ2n) is 10.1. The SMILES string of the molecule is Cc1ccccc1OP(O)(OCCCCCCCC(C)C)(c1ccccc1C)c1ccccc1C. The summed E-state index contributed by atoms with van der Waals surface area (Å²) in [5.74, 6) is 1.41. The molecule has 0 atom stereocenters. The molecule has 0 saturated heterocycles. The third-order valence-electron chi connectivity index (χ3n) is 6.70. The van der Waals surface area contributed by atoms with Crippen molar-refractivity contribution in [1.82, 2.24) is 0 Å². The van der Waals surface area contributed by atoms with Crippen LogP contribution in [0.1, 0.15) is 69.1 Å². The molecule has 0 aromatic heterocycles. The van der Waals surface area contributed by atoms with Gasteiger partial charge in [-0.15, -0.1) is 0 Å². The van der Waals surface area contributed by atoms with Crippen LogP contribution in [0.2, 0.25) is 0 Å². The fourth-order valence-electron chi connectivity index (χ4n) is 4.67. The maximum atomic E-state index is 13.0. The molecule has 3 aromatic rings. The van der Waals surface area contributed by atoms with Crippen molar-refractivity contribution in [2.24, 2.45) is 5.92 Å². The van der Waals surface area contributed by atoms with E-state index in [0.717, 1.165) is 46.1 Å². The number of hydrogen-bond donors (Lipinski definition) is 1. The van der Waals surface area contributed by atoms with E-state index in [1.807, 2.05) is 93.6 Å². The monoisotopic (exact) mass is 494 g/mol. The molecule has 35 heavy (non-hydrogen) atoms. The van der Waals surface area contributed by atoms with Crippen LogP contribution in [0.3, 0.4) is 0 Å². The van der Waals surface area contributed by atoms with Gasteiger partial charge in [-0.3, -0.25) is 0 Å². The molecular weight excluding hydrogens is 451 g/mol. The number of para-hydroxylation sites is 1. The Labute approximate surface area is 212 Å². The molecule has 190 valence electrons. The average Bonchev–Trinajstić information content (AvgIpc) is 2.83. The van der Waals surface area contributed by atoms with Gasteiger partial charge in [0, 0.05) is 0 Å². The van der Waals surface area contributed by atoms with E-state index in [9.17, 15) is 4.89 Å². The van der Waals surface area contributed by atoms with Crippen molar-refractivity contribution in [2.75, 3.05) is 6.61 Å². The Bertz CT molecular complexity index is 1050. The van der Waals surface area contributed by atoms with Crippen LogP contribution >= 0.6 is 7.28 Å². The Kier molecular flexibility index (Phi) is 9.53. The molecule has 3 rings (SSSR count). The summed E-state index contributed by atoms with van der Waals surface area (Å²) in [6, 6.07) is 23.7. The van der Waals surface area contributed by atoms with E-state index >= 15 is 0 Å². The van der Waals surface area contributed by atoms with Gasteiger partial charge in [-0.2, -0.15) is 0 Å². The van der Waals surface area contributed by atoms with Gasteiger partial charge in [-0.1, -0.05) is 0 Å². The zero-order chi connectivity index (χ0) is 25.3. The summed E-state index contributed by atoms with van der Waals surface area (Å²) < 4.78 is 13.5. The molecule has 0 bridgehead atoms. The summed E-state index contributed by atoms with van der Waals surface area (Å²) in [5.41, 5.74) is 2.88. The van der Waals surface area contributed by atoms with Gasteiger partial charge in [0.05, 0.1) is 0 Å². The summed E-state index contributed by atoms with van der Waals surface area (Å²) in [7, 11) is -4.52. The number of unbranched alkanes of at least 4 members (excludes halogenated alkanes) is 4. The number of benzene rings is 3. The van der Waals surface area contributed by atoms with Crippen molar-refractivity contribution in [3.63, 3.8) is 0 Å². The molecule has 0 amide bonds. The molecule has 0 saturated carbocycles. The van der Waals surface area contributed by atoms with E-state index in [1.165, 1.54) is 25.7 Å². The topological polar surface area (TPSA) is 38.7 Å². The summed E-state index contributed by atoms with van der Waals surface area (Å²) in [6.07, 6.45) is 6.96. The summed E-state index contributed by atoms with van der Waals surface area (Å²) in [4.78, 5) is 13.0. The van der Waals surface area contributed by atoms with Crippen LogP contribution < -0.4 is 15.1 Å². The molecule has 0 radical (unpaired) electrons. The Morgan fingerprint density at radius 2 is 1.14 bits per heavy atom. The summed E-state index contributed by atoms with van der Waals surface area (Å²) in [6.45, 7) is 11.0. The molecule has 0 fully saturated rings. The van der Waals surface area contributed by atoms with Crippen LogP contribution in [-0.2, 0) is 4.52 Å². The molecular formula is C31H43O3P. The number of aryl methyl sites for hydroxylation is 3.